The first kappa shape index (κ1) is 23.8. The van der Waals surface area contributed by atoms with E-state index in [0.717, 1.165) is 16.8 Å². The average Bonchev–Trinajstić information content (AvgIpc) is 2.76. The van der Waals surface area contributed by atoms with Gasteiger partial charge in [0, 0.05) is 43.4 Å². The van der Waals surface area contributed by atoms with Crippen LogP contribution in [-0.4, -0.2) is 48.4 Å². The molecule has 0 aliphatic rings. The van der Waals surface area contributed by atoms with Crippen LogP contribution >= 0.6 is 0 Å². The summed E-state index contributed by atoms with van der Waals surface area (Å²) >= 11 is 0. The summed E-state index contributed by atoms with van der Waals surface area (Å²) in [6.07, 6.45) is 1.00. The average molecular weight is 400 g/mol. The summed E-state index contributed by atoms with van der Waals surface area (Å²) in [5.41, 5.74) is 8.45. The highest BCUT2D eigenvalue weighted by molar-refractivity contribution is 5.95. The van der Waals surface area contributed by atoms with Crippen LogP contribution in [0.15, 0.2) is 48.5 Å². The quantitative estimate of drug-likeness (QED) is 0.245. The summed E-state index contributed by atoms with van der Waals surface area (Å²) < 4.78 is 0. The van der Waals surface area contributed by atoms with Crippen LogP contribution in [0, 0.1) is 5.41 Å². The molecule has 0 heterocycles. The third-order valence-electron chi connectivity index (χ3n) is 4.02. The maximum atomic E-state index is 11.9. The third kappa shape index (κ3) is 8.12. The number of amides is 1. The second-order valence-corrected chi connectivity index (χ2v) is 6.04. The van der Waals surface area contributed by atoms with Crippen molar-refractivity contribution in [3.05, 3.63) is 59.7 Å². The van der Waals surface area contributed by atoms with Gasteiger partial charge in [-0.25, -0.2) is 0 Å². The molecule has 0 atom stereocenters. The van der Waals surface area contributed by atoms with E-state index in [1.165, 1.54) is 4.90 Å². The predicted octanol–water partition coefficient (Wildman–Crippen LogP) is 1.50. The fraction of sp³-hybridized carbons (Fsp3) is 0.286. The maximum Gasteiger partial charge on any atom is 0.227 e. The van der Waals surface area contributed by atoms with Gasteiger partial charge >= 0.3 is 0 Å². The fourth-order valence-corrected chi connectivity index (χ4v) is 2.41. The number of aldehydes is 1. The summed E-state index contributed by atoms with van der Waals surface area (Å²) in [4.78, 5) is 23.6. The molecule has 2 aromatic carbocycles. The Hall–Kier alpha value is -3.23. The zero-order chi connectivity index (χ0) is 21.6. The number of hydrogen-bond donors (Lipinski definition) is 5. The first-order chi connectivity index (χ1) is 14.0. The lowest BCUT2D eigenvalue weighted by atomic mass is 10.2. The Balaban J connectivity index is 0.000000326. The highest BCUT2D eigenvalue weighted by atomic mass is 16.3. The van der Waals surface area contributed by atoms with Crippen LogP contribution in [0.1, 0.15) is 24.0 Å². The third-order valence-corrected chi connectivity index (χ3v) is 4.02. The van der Waals surface area contributed by atoms with E-state index in [0.29, 0.717) is 12.0 Å². The normalized spacial score (nSPS) is 9.76. The number of aliphatic hydroxyl groups is 2. The van der Waals surface area contributed by atoms with Gasteiger partial charge in [0.05, 0.1) is 13.2 Å². The van der Waals surface area contributed by atoms with Crippen LogP contribution in [0.2, 0.25) is 0 Å². The first-order valence-electron chi connectivity index (χ1n) is 9.13. The van der Waals surface area contributed by atoms with E-state index in [9.17, 15) is 9.59 Å². The summed E-state index contributed by atoms with van der Waals surface area (Å²) in [5, 5.41) is 28.0. The molecule has 0 aliphatic carbocycles. The van der Waals surface area contributed by atoms with Crippen molar-refractivity contribution >= 4 is 29.4 Å². The zero-order valence-corrected chi connectivity index (χ0v) is 16.5. The van der Waals surface area contributed by atoms with E-state index in [1.54, 1.807) is 24.3 Å². The van der Waals surface area contributed by atoms with Crippen molar-refractivity contribution < 1.29 is 19.8 Å². The van der Waals surface area contributed by atoms with Crippen LogP contribution in [0.5, 0.6) is 0 Å². The minimum atomic E-state index is -0.201. The SMILES string of the molecule is CNc1ccc(C(=N)N)cc1.O=CCCC(=O)N(CCO)c1ccc(CO)cc1. The Morgan fingerprint density at radius 1 is 1.14 bits per heavy atom. The molecule has 8 heteroatoms. The van der Waals surface area contributed by atoms with Crippen molar-refractivity contribution in [3.8, 4) is 0 Å². The number of anilines is 2. The van der Waals surface area contributed by atoms with E-state index in [-0.39, 0.29) is 44.3 Å². The van der Waals surface area contributed by atoms with Gasteiger partial charge in [-0.05, 0) is 42.0 Å². The van der Waals surface area contributed by atoms with E-state index in [4.69, 9.17) is 21.4 Å². The molecule has 0 saturated carbocycles. The van der Waals surface area contributed by atoms with Crippen LogP contribution in [0.3, 0.4) is 0 Å². The van der Waals surface area contributed by atoms with E-state index < -0.39 is 0 Å². The molecule has 2 aromatic rings. The number of nitrogens with zero attached hydrogens (tertiary/aromatic N) is 1. The van der Waals surface area contributed by atoms with E-state index in [2.05, 4.69) is 5.32 Å². The summed E-state index contributed by atoms with van der Waals surface area (Å²) in [6, 6.07) is 14.2. The molecule has 8 nitrogen and oxygen atoms in total. The lowest BCUT2D eigenvalue weighted by Crippen LogP contribution is -2.33. The number of nitrogen functional groups attached to an aromatic ring is 1. The Kier molecular flexibility index (Phi) is 10.7. The number of nitrogens with two attached hydrogens (primary N) is 1. The minimum absolute atomic E-state index is 0.0562. The van der Waals surface area contributed by atoms with E-state index in [1.807, 2.05) is 31.3 Å². The van der Waals surface area contributed by atoms with Gasteiger partial charge in [0.2, 0.25) is 5.91 Å². The second-order valence-electron chi connectivity index (χ2n) is 6.04. The maximum absolute atomic E-state index is 11.9. The molecular weight excluding hydrogens is 372 g/mol. The number of carbonyl (C=O) groups is 2. The minimum Gasteiger partial charge on any atom is -0.395 e. The molecular formula is C21H28N4O4. The number of rotatable bonds is 9. The Morgan fingerprint density at radius 2 is 1.76 bits per heavy atom. The van der Waals surface area contributed by atoms with Crippen molar-refractivity contribution in [2.24, 2.45) is 5.73 Å². The van der Waals surface area contributed by atoms with Gasteiger partial charge in [-0.3, -0.25) is 10.2 Å². The molecule has 0 saturated heterocycles. The predicted molar refractivity (Wildman–Crippen MR) is 114 cm³/mol. The van der Waals surface area contributed by atoms with Gasteiger partial charge in [-0.2, -0.15) is 0 Å². The van der Waals surface area contributed by atoms with Crippen LogP contribution in [-0.2, 0) is 16.2 Å². The zero-order valence-electron chi connectivity index (χ0n) is 16.5. The summed E-state index contributed by atoms with van der Waals surface area (Å²) in [5.74, 6) is -0.0967. The van der Waals surface area contributed by atoms with Crippen molar-refractivity contribution in [2.45, 2.75) is 19.4 Å². The molecule has 1 amide bonds. The van der Waals surface area contributed by atoms with E-state index >= 15 is 0 Å². The number of amidine groups is 1. The summed E-state index contributed by atoms with van der Waals surface area (Å²) in [7, 11) is 1.85. The fourth-order valence-electron chi connectivity index (χ4n) is 2.41. The number of carbonyl (C=O) groups excluding carboxylic acids is 2. The summed E-state index contributed by atoms with van der Waals surface area (Å²) in [6.45, 7) is -0.00981. The lowest BCUT2D eigenvalue weighted by molar-refractivity contribution is -0.120. The molecule has 0 aromatic heterocycles. The van der Waals surface area contributed by atoms with Gasteiger partial charge in [0.1, 0.15) is 12.1 Å². The Labute approximate surface area is 170 Å². The van der Waals surface area contributed by atoms with Gasteiger partial charge in [0.25, 0.3) is 0 Å². The molecule has 0 aliphatic heterocycles. The molecule has 0 spiro atoms. The highest BCUT2D eigenvalue weighted by Gasteiger charge is 2.14. The van der Waals surface area contributed by atoms with Crippen LogP contribution in [0.25, 0.3) is 0 Å². The molecule has 156 valence electrons. The van der Waals surface area contributed by atoms with Crippen molar-refractivity contribution in [1.82, 2.24) is 0 Å². The highest BCUT2D eigenvalue weighted by Crippen LogP contribution is 2.16. The number of benzene rings is 2. The van der Waals surface area contributed by atoms with Gasteiger partial charge in [-0.15, -0.1) is 0 Å². The standard InChI is InChI=1S/C13H17NO4.C8H11N3/c15-8-1-2-13(18)14(7-9-16)12-5-3-11(10-17)4-6-12;1-11-7-4-2-6(3-5-7)8(9)10/h3-6,8,16-17H,1-2,7,9-10H2;2-5,11H,1H3,(H3,9,10). The Morgan fingerprint density at radius 3 is 2.21 bits per heavy atom. The smallest absolute Gasteiger partial charge is 0.227 e. The van der Waals surface area contributed by atoms with Crippen molar-refractivity contribution in [1.29, 1.82) is 5.41 Å². The monoisotopic (exact) mass is 400 g/mol. The first-order valence-corrected chi connectivity index (χ1v) is 9.13. The van der Waals surface area contributed by atoms with Crippen LogP contribution < -0.4 is 16.0 Å². The lowest BCUT2D eigenvalue weighted by Gasteiger charge is -2.21. The van der Waals surface area contributed by atoms with Gasteiger partial charge in [-0.1, -0.05) is 12.1 Å². The molecule has 0 fully saturated rings. The topological polar surface area (TPSA) is 140 Å². The molecule has 0 bridgehead atoms. The van der Waals surface area contributed by atoms with Crippen molar-refractivity contribution in [3.63, 3.8) is 0 Å². The Bertz CT molecular complexity index is 776. The number of nitrogens with one attached hydrogen (secondary N) is 2. The number of aliphatic hydroxyl groups excluding tert-OH is 2. The van der Waals surface area contributed by atoms with Gasteiger partial charge < -0.3 is 31.0 Å². The van der Waals surface area contributed by atoms with Gasteiger partial charge in [0.15, 0.2) is 0 Å². The molecule has 6 N–H and O–H groups in total. The van der Waals surface area contributed by atoms with Crippen LogP contribution in [0.4, 0.5) is 11.4 Å². The molecule has 2 rings (SSSR count). The molecule has 0 unspecified atom stereocenters. The second kappa shape index (κ2) is 13.0. The largest absolute Gasteiger partial charge is 0.395 e. The number of hydrogen-bond acceptors (Lipinski definition) is 6. The molecule has 0 radical (unpaired) electrons. The van der Waals surface area contributed by atoms with Crippen molar-refractivity contribution in [2.75, 3.05) is 30.4 Å². The molecule has 29 heavy (non-hydrogen) atoms.